The summed E-state index contributed by atoms with van der Waals surface area (Å²) >= 11 is 0. The summed E-state index contributed by atoms with van der Waals surface area (Å²) in [6, 6.07) is 3.56. The molecule has 0 saturated carbocycles. The lowest BCUT2D eigenvalue weighted by molar-refractivity contribution is -0.275. The predicted octanol–water partition coefficient (Wildman–Crippen LogP) is 3.01. The molecule has 4 nitrogen and oxygen atoms in total. The van der Waals surface area contributed by atoms with E-state index >= 15 is 0 Å². The zero-order chi connectivity index (χ0) is 14.8. The van der Waals surface area contributed by atoms with Crippen LogP contribution >= 0.6 is 0 Å². The predicted molar refractivity (Wildman–Crippen MR) is 61.3 cm³/mol. The van der Waals surface area contributed by atoms with Gasteiger partial charge in [0.25, 0.3) is 0 Å². The second kappa shape index (κ2) is 5.38. The van der Waals surface area contributed by atoms with Gasteiger partial charge in [0.1, 0.15) is 4.90 Å². The largest absolute Gasteiger partial charge is 0.573 e. The van der Waals surface area contributed by atoms with E-state index in [-0.39, 0.29) is 5.56 Å². The first-order chi connectivity index (χ1) is 8.53. The van der Waals surface area contributed by atoms with Crippen LogP contribution in [0.25, 0.3) is 0 Å². The summed E-state index contributed by atoms with van der Waals surface area (Å²) in [5.74, 6) is -0.798. The minimum atomic E-state index is -4.98. The molecule has 108 valence electrons. The summed E-state index contributed by atoms with van der Waals surface area (Å²) in [6.07, 6.45) is -5.67. The molecule has 0 radical (unpaired) electrons. The van der Waals surface area contributed by atoms with Gasteiger partial charge in [-0.25, -0.2) is 0 Å². The number of hydrogen-bond donors (Lipinski definition) is 0. The Labute approximate surface area is 109 Å². The lowest BCUT2D eigenvalue weighted by Crippen LogP contribution is -2.21. The van der Waals surface area contributed by atoms with Crippen LogP contribution in [0.4, 0.5) is 13.2 Å². The van der Waals surface area contributed by atoms with Crippen LogP contribution in [0.5, 0.6) is 5.75 Å². The molecule has 0 unspecified atom stereocenters. The van der Waals surface area contributed by atoms with Crippen LogP contribution in [0.1, 0.15) is 19.4 Å². The number of aryl methyl sites for hydroxylation is 1. The molecule has 0 aliphatic carbocycles. The zero-order valence-corrected chi connectivity index (χ0v) is 11.3. The van der Waals surface area contributed by atoms with E-state index in [1.165, 1.54) is 32.9 Å². The number of halogens is 3. The van der Waals surface area contributed by atoms with Crippen LogP contribution in [-0.2, 0) is 14.3 Å². The maximum absolute atomic E-state index is 12.2. The molecule has 1 aromatic rings. The Kier molecular flexibility index (Phi) is 4.46. The van der Waals surface area contributed by atoms with Crippen molar-refractivity contribution in [2.75, 3.05) is 0 Å². The van der Waals surface area contributed by atoms with E-state index in [1.807, 2.05) is 0 Å². The Morgan fingerprint density at radius 1 is 1.21 bits per heavy atom. The lowest BCUT2D eigenvalue weighted by atomic mass is 10.2. The average molecular weight is 298 g/mol. The molecule has 0 heterocycles. The molecule has 0 spiro atoms. The number of ether oxygens (including phenoxy) is 1. The van der Waals surface area contributed by atoms with Gasteiger partial charge in [0.2, 0.25) is 0 Å². The van der Waals surface area contributed by atoms with E-state index in [0.717, 1.165) is 6.07 Å². The Bertz CT molecular complexity index is 550. The van der Waals surface area contributed by atoms with Crippen LogP contribution < -0.4 is 4.74 Å². The van der Waals surface area contributed by atoms with Gasteiger partial charge in [-0.15, -0.1) is 13.2 Å². The maximum Gasteiger partial charge on any atom is 0.573 e. The Hall–Kier alpha value is -1.28. The van der Waals surface area contributed by atoms with Gasteiger partial charge in [0.15, 0.2) is 5.75 Å². The highest BCUT2D eigenvalue weighted by atomic mass is 32.2. The Balaban J connectivity index is 3.34. The molecule has 0 atom stereocenters. The first-order valence-electron chi connectivity index (χ1n) is 5.31. The minimum absolute atomic E-state index is 0.113. The summed E-state index contributed by atoms with van der Waals surface area (Å²) in [5.41, 5.74) is 0.113. The third kappa shape index (κ3) is 4.39. The van der Waals surface area contributed by atoms with Crippen molar-refractivity contribution in [3.05, 3.63) is 23.8 Å². The fourth-order valence-electron chi connectivity index (χ4n) is 1.45. The van der Waals surface area contributed by atoms with Gasteiger partial charge in [0.05, 0.1) is 6.10 Å². The van der Waals surface area contributed by atoms with Crippen molar-refractivity contribution in [1.29, 1.82) is 0 Å². The van der Waals surface area contributed by atoms with Crippen molar-refractivity contribution in [3.63, 3.8) is 0 Å². The summed E-state index contributed by atoms with van der Waals surface area (Å²) in [6.45, 7) is 4.28. The highest BCUT2D eigenvalue weighted by Crippen LogP contribution is 2.33. The quantitative estimate of drug-likeness (QED) is 0.802. The number of rotatable bonds is 4. The third-order valence-corrected chi connectivity index (χ3v) is 3.63. The smallest absolute Gasteiger partial charge is 0.404 e. The fraction of sp³-hybridized carbons (Fsp3) is 0.455. The lowest BCUT2D eigenvalue weighted by Gasteiger charge is -2.16. The van der Waals surface area contributed by atoms with Gasteiger partial charge in [-0.05, 0) is 32.4 Å². The number of alkyl halides is 3. The molecule has 0 bridgehead atoms. The molecule has 0 aliphatic heterocycles. The van der Waals surface area contributed by atoms with Gasteiger partial charge in [-0.2, -0.15) is 8.42 Å². The normalized spacial score (nSPS) is 12.8. The van der Waals surface area contributed by atoms with Crippen LogP contribution in [0.15, 0.2) is 23.1 Å². The molecule has 0 fully saturated rings. The SMILES string of the molecule is Cc1cccc(OC(F)(F)F)c1S(=O)(=O)OC(C)C. The van der Waals surface area contributed by atoms with Crippen LogP contribution in [0.3, 0.4) is 0 Å². The molecule has 0 saturated heterocycles. The molecule has 1 aromatic carbocycles. The Morgan fingerprint density at radius 2 is 1.79 bits per heavy atom. The van der Waals surface area contributed by atoms with Gasteiger partial charge >= 0.3 is 16.5 Å². The molecule has 0 aromatic heterocycles. The molecule has 1 rings (SSSR count). The van der Waals surface area contributed by atoms with E-state index in [2.05, 4.69) is 8.92 Å². The fourth-order valence-corrected chi connectivity index (χ4v) is 2.87. The van der Waals surface area contributed by atoms with Gasteiger partial charge in [-0.3, -0.25) is 4.18 Å². The van der Waals surface area contributed by atoms with E-state index in [0.29, 0.717) is 0 Å². The average Bonchev–Trinajstić information content (AvgIpc) is 2.11. The number of hydrogen-bond acceptors (Lipinski definition) is 4. The summed E-state index contributed by atoms with van der Waals surface area (Å²) in [4.78, 5) is -0.610. The van der Waals surface area contributed by atoms with E-state index in [1.54, 1.807) is 0 Å². The molecular weight excluding hydrogens is 285 g/mol. The summed E-state index contributed by atoms with van der Waals surface area (Å²) in [7, 11) is -4.32. The van der Waals surface area contributed by atoms with Crippen molar-refractivity contribution in [2.45, 2.75) is 38.1 Å². The molecule has 0 aliphatic rings. The van der Waals surface area contributed by atoms with Gasteiger partial charge in [0, 0.05) is 0 Å². The molecule has 0 amide bonds. The van der Waals surface area contributed by atoms with Crippen LogP contribution in [0.2, 0.25) is 0 Å². The molecule has 0 N–H and O–H groups in total. The van der Waals surface area contributed by atoms with Crippen LogP contribution in [0, 0.1) is 6.92 Å². The first-order valence-corrected chi connectivity index (χ1v) is 6.72. The highest BCUT2D eigenvalue weighted by molar-refractivity contribution is 7.87. The number of benzene rings is 1. The molecular formula is C11H13F3O4S. The van der Waals surface area contributed by atoms with Crippen molar-refractivity contribution in [2.24, 2.45) is 0 Å². The topological polar surface area (TPSA) is 52.6 Å². The standard InChI is InChI=1S/C11H13F3O4S/c1-7(2)18-19(15,16)10-8(3)5-4-6-9(10)17-11(12,13)14/h4-7H,1-3H3. The van der Waals surface area contributed by atoms with Crippen molar-refractivity contribution in [3.8, 4) is 5.75 Å². The van der Waals surface area contributed by atoms with E-state index in [4.69, 9.17) is 0 Å². The monoisotopic (exact) mass is 298 g/mol. The highest BCUT2D eigenvalue weighted by Gasteiger charge is 2.35. The summed E-state index contributed by atoms with van der Waals surface area (Å²) in [5, 5.41) is 0. The Morgan fingerprint density at radius 3 is 2.26 bits per heavy atom. The van der Waals surface area contributed by atoms with E-state index < -0.39 is 33.2 Å². The van der Waals surface area contributed by atoms with Crippen LogP contribution in [-0.4, -0.2) is 20.9 Å². The van der Waals surface area contributed by atoms with Gasteiger partial charge < -0.3 is 4.74 Å². The zero-order valence-electron chi connectivity index (χ0n) is 10.5. The van der Waals surface area contributed by atoms with Gasteiger partial charge in [-0.1, -0.05) is 12.1 Å². The van der Waals surface area contributed by atoms with E-state index in [9.17, 15) is 21.6 Å². The second-order valence-corrected chi connectivity index (χ2v) is 5.56. The third-order valence-electron chi connectivity index (χ3n) is 1.97. The first kappa shape index (κ1) is 15.8. The van der Waals surface area contributed by atoms with Crippen molar-refractivity contribution >= 4 is 10.1 Å². The van der Waals surface area contributed by atoms with Crippen molar-refractivity contribution in [1.82, 2.24) is 0 Å². The molecule has 8 heteroatoms. The van der Waals surface area contributed by atoms with Crippen molar-refractivity contribution < 1.29 is 30.5 Å². The minimum Gasteiger partial charge on any atom is -0.404 e. The maximum atomic E-state index is 12.2. The summed E-state index contributed by atoms with van der Waals surface area (Å²) < 4.78 is 68.9. The molecule has 19 heavy (non-hydrogen) atoms. The second-order valence-electron chi connectivity index (χ2n) is 4.05.